The summed E-state index contributed by atoms with van der Waals surface area (Å²) in [7, 11) is 0. The zero-order valence-corrected chi connectivity index (χ0v) is 22.1. The number of carbonyl (C=O) groups is 1. The van der Waals surface area contributed by atoms with Gasteiger partial charge in [0.05, 0.1) is 11.3 Å². The molecule has 4 heterocycles. The summed E-state index contributed by atoms with van der Waals surface area (Å²) >= 11 is 6.08. The number of carbonyl (C=O) groups excluding carboxylic acids is 1. The molecule has 6 rings (SSSR count). The van der Waals surface area contributed by atoms with Gasteiger partial charge < -0.3 is 4.57 Å². The second kappa shape index (κ2) is 11.3. The molecule has 1 amide bonds. The van der Waals surface area contributed by atoms with Crippen molar-refractivity contribution in [3.63, 3.8) is 0 Å². The quantitative estimate of drug-likeness (QED) is 0.306. The molecular weight excluding hydrogens is 514 g/mol. The number of fused-ring (bicyclic) bond motifs is 1. The molecule has 2 N–H and O–H groups in total. The van der Waals surface area contributed by atoms with Crippen molar-refractivity contribution < 1.29 is 4.79 Å². The van der Waals surface area contributed by atoms with Gasteiger partial charge in [0.1, 0.15) is 0 Å². The lowest BCUT2D eigenvalue weighted by Gasteiger charge is -2.35. The van der Waals surface area contributed by atoms with E-state index in [1.54, 1.807) is 0 Å². The number of piperazine rings is 1. The molecule has 1 aliphatic heterocycles. The fraction of sp³-hybridized carbons (Fsp3) is 0.250. The summed E-state index contributed by atoms with van der Waals surface area (Å²) in [5.41, 5.74) is 4.93. The Kier molecular flexibility index (Phi) is 7.31. The number of benzene rings is 2. The lowest BCUT2D eigenvalue weighted by molar-refractivity contribution is 0.102. The summed E-state index contributed by atoms with van der Waals surface area (Å²) in [5.74, 6) is -0.102. The summed E-state index contributed by atoms with van der Waals surface area (Å²) in [6.45, 7) is 6.50. The number of aromatic amines is 1. The number of nitrogens with zero attached hydrogens (tertiary/aromatic N) is 7. The summed E-state index contributed by atoms with van der Waals surface area (Å²) in [4.78, 5) is 22.5. The number of hydrogen-bond acceptors (Lipinski definition) is 7. The molecule has 1 fully saturated rings. The van der Waals surface area contributed by atoms with Gasteiger partial charge in [0.15, 0.2) is 0 Å². The van der Waals surface area contributed by atoms with Gasteiger partial charge in [-0.15, -0.1) is 5.10 Å². The second-order valence-corrected chi connectivity index (χ2v) is 10.0. The fourth-order valence-electron chi connectivity index (χ4n) is 5.09. The number of rotatable bonds is 8. The Bertz CT molecular complexity index is 1560. The molecular formula is C28H28ClN9O. The average Bonchev–Trinajstić information content (AvgIpc) is 3.61. The van der Waals surface area contributed by atoms with Gasteiger partial charge in [-0.1, -0.05) is 53.1 Å². The molecule has 1 aliphatic rings. The molecule has 39 heavy (non-hydrogen) atoms. The number of halogens is 1. The topological polar surface area (TPSA) is 108 Å². The van der Waals surface area contributed by atoms with Crippen LogP contribution in [0.25, 0.3) is 22.2 Å². The van der Waals surface area contributed by atoms with E-state index in [4.69, 9.17) is 11.6 Å². The number of hydrogen-bond donors (Lipinski definition) is 2. The first-order valence-electron chi connectivity index (χ1n) is 12.9. The molecule has 0 bridgehead atoms. The van der Waals surface area contributed by atoms with Gasteiger partial charge in [0.25, 0.3) is 11.9 Å². The molecule has 11 heteroatoms. The van der Waals surface area contributed by atoms with Gasteiger partial charge in [-0.3, -0.25) is 24.9 Å². The van der Waals surface area contributed by atoms with Crippen LogP contribution in [0.3, 0.4) is 0 Å². The predicted octanol–water partition coefficient (Wildman–Crippen LogP) is 3.94. The Morgan fingerprint density at radius 1 is 0.949 bits per heavy atom. The second-order valence-electron chi connectivity index (χ2n) is 9.58. The molecule has 1 saturated heterocycles. The first-order valence-corrected chi connectivity index (χ1v) is 13.3. The predicted molar refractivity (Wildman–Crippen MR) is 150 cm³/mol. The molecule has 0 aliphatic carbocycles. The minimum atomic E-state index is -0.256. The zero-order chi connectivity index (χ0) is 26.6. The Hall–Kier alpha value is -4.12. The molecule has 198 valence electrons. The number of aromatic nitrogens is 6. The monoisotopic (exact) mass is 541 g/mol. The van der Waals surface area contributed by atoms with Crippen LogP contribution in [0.5, 0.6) is 0 Å². The van der Waals surface area contributed by atoms with Crippen molar-refractivity contribution in [3.05, 3.63) is 89.2 Å². The maximum Gasteiger partial charge on any atom is 0.270 e. The Morgan fingerprint density at radius 3 is 2.54 bits per heavy atom. The largest absolute Gasteiger partial charge is 0.345 e. The van der Waals surface area contributed by atoms with E-state index >= 15 is 0 Å². The van der Waals surface area contributed by atoms with Crippen molar-refractivity contribution in [2.45, 2.75) is 13.1 Å². The highest BCUT2D eigenvalue weighted by atomic mass is 35.5. The molecule has 0 atom stereocenters. The van der Waals surface area contributed by atoms with Crippen molar-refractivity contribution in [2.75, 3.05) is 38.0 Å². The lowest BCUT2D eigenvalue weighted by atomic mass is 10.1. The van der Waals surface area contributed by atoms with E-state index in [9.17, 15) is 4.79 Å². The third-order valence-corrected chi connectivity index (χ3v) is 7.38. The van der Waals surface area contributed by atoms with Gasteiger partial charge in [0, 0.05) is 79.7 Å². The van der Waals surface area contributed by atoms with E-state index in [2.05, 4.69) is 51.4 Å². The van der Waals surface area contributed by atoms with Crippen molar-refractivity contribution in [3.8, 4) is 11.3 Å². The SMILES string of the molecule is O=C(Nc1nn[nH]n1)c1cn(CCN2CCN(Cc3cccnc3-c3ccc(Cl)cc3)CC2)c2ccccc12. The highest BCUT2D eigenvalue weighted by Crippen LogP contribution is 2.25. The first-order chi connectivity index (χ1) is 19.1. The molecule has 0 unspecified atom stereocenters. The number of para-hydroxylation sites is 1. The van der Waals surface area contributed by atoms with Gasteiger partial charge in [-0.2, -0.15) is 5.21 Å². The van der Waals surface area contributed by atoms with Crippen molar-refractivity contribution in [1.82, 2.24) is 40.0 Å². The minimum absolute atomic E-state index is 0.154. The highest BCUT2D eigenvalue weighted by Gasteiger charge is 2.20. The zero-order valence-electron chi connectivity index (χ0n) is 21.3. The van der Waals surface area contributed by atoms with Crippen LogP contribution in [0.2, 0.25) is 5.02 Å². The van der Waals surface area contributed by atoms with Crippen LogP contribution in [0, 0.1) is 0 Å². The molecule has 10 nitrogen and oxygen atoms in total. The van der Waals surface area contributed by atoms with E-state index in [1.807, 2.05) is 67.0 Å². The van der Waals surface area contributed by atoms with Crippen molar-refractivity contribution in [1.29, 1.82) is 0 Å². The van der Waals surface area contributed by atoms with Gasteiger partial charge in [-0.05, 0) is 35.0 Å². The maximum atomic E-state index is 12.9. The Balaban J connectivity index is 1.07. The van der Waals surface area contributed by atoms with Crippen molar-refractivity contribution >= 4 is 34.4 Å². The van der Waals surface area contributed by atoms with Crippen LogP contribution in [0.1, 0.15) is 15.9 Å². The van der Waals surface area contributed by atoms with Gasteiger partial charge in [-0.25, -0.2) is 0 Å². The van der Waals surface area contributed by atoms with Crippen LogP contribution in [-0.2, 0) is 13.1 Å². The molecule has 2 aromatic carbocycles. The number of nitrogens with one attached hydrogen (secondary N) is 2. The minimum Gasteiger partial charge on any atom is -0.345 e. The van der Waals surface area contributed by atoms with Gasteiger partial charge >= 0.3 is 0 Å². The molecule has 0 spiro atoms. The van der Waals surface area contributed by atoms with Crippen molar-refractivity contribution in [2.24, 2.45) is 0 Å². The molecule has 0 saturated carbocycles. The number of anilines is 1. The Morgan fingerprint density at radius 2 is 1.74 bits per heavy atom. The lowest BCUT2D eigenvalue weighted by Crippen LogP contribution is -2.46. The van der Waals surface area contributed by atoms with E-state index < -0.39 is 0 Å². The normalized spacial score (nSPS) is 14.6. The fourth-order valence-corrected chi connectivity index (χ4v) is 5.22. The van der Waals surface area contributed by atoms with Crippen LogP contribution in [0.4, 0.5) is 5.95 Å². The number of pyridine rings is 1. The highest BCUT2D eigenvalue weighted by molar-refractivity contribution is 6.30. The number of amides is 1. The molecule has 5 aromatic rings. The van der Waals surface area contributed by atoms with E-state index in [-0.39, 0.29) is 11.9 Å². The standard InChI is InChI=1S/C28H28ClN9O/c29-22-9-7-20(8-10-22)26-21(4-3-11-30-26)18-37-14-12-36(13-15-37)16-17-38-19-24(23-5-1-2-6-25(23)38)27(39)31-28-32-34-35-33-28/h1-11,19H,12-18H2,(H2,31,32,33,34,35,39). The number of tetrazole rings is 1. The van der Waals surface area contributed by atoms with Crippen LogP contribution in [0.15, 0.2) is 73.1 Å². The summed E-state index contributed by atoms with van der Waals surface area (Å²) in [6, 6.07) is 20.0. The van der Waals surface area contributed by atoms with Crippen LogP contribution < -0.4 is 5.32 Å². The maximum absolute atomic E-state index is 12.9. The summed E-state index contributed by atoms with van der Waals surface area (Å²) < 4.78 is 2.15. The third kappa shape index (κ3) is 5.68. The van der Waals surface area contributed by atoms with E-state index in [0.29, 0.717) is 5.56 Å². The Labute approximate surface area is 230 Å². The van der Waals surface area contributed by atoms with Crippen LogP contribution >= 0.6 is 11.6 Å². The van der Waals surface area contributed by atoms with Crippen LogP contribution in [-0.4, -0.2) is 78.6 Å². The average molecular weight is 542 g/mol. The summed E-state index contributed by atoms with van der Waals surface area (Å²) in [5, 5.41) is 17.8. The molecule has 3 aromatic heterocycles. The third-order valence-electron chi connectivity index (χ3n) is 7.13. The van der Waals surface area contributed by atoms with Gasteiger partial charge in [0.2, 0.25) is 0 Å². The summed E-state index contributed by atoms with van der Waals surface area (Å²) in [6.07, 6.45) is 3.76. The van der Waals surface area contributed by atoms with E-state index in [0.717, 1.165) is 73.0 Å². The molecule has 0 radical (unpaired) electrons. The first kappa shape index (κ1) is 25.2. The smallest absolute Gasteiger partial charge is 0.270 e. The number of H-pyrrole nitrogens is 1. The van der Waals surface area contributed by atoms with E-state index in [1.165, 1.54) is 5.56 Å².